The zero-order chi connectivity index (χ0) is 12.1. The molecular formula is C14H13NO2. The number of rotatable bonds is 4. The Morgan fingerprint density at radius 3 is 2.71 bits per heavy atom. The lowest BCUT2D eigenvalue weighted by Gasteiger charge is -2.07. The molecule has 3 heteroatoms. The Morgan fingerprint density at radius 2 is 2.00 bits per heavy atom. The molecule has 0 saturated carbocycles. The Bertz CT molecular complexity index is 509. The van der Waals surface area contributed by atoms with Crippen molar-refractivity contribution in [1.82, 2.24) is 4.98 Å². The van der Waals surface area contributed by atoms with Gasteiger partial charge >= 0.3 is 0 Å². The predicted molar refractivity (Wildman–Crippen MR) is 64.9 cm³/mol. The highest BCUT2D eigenvalue weighted by Gasteiger charge is 2.09. The lowest BCUT2D eigenvalue weighted by molar-refractivity contribution is 0.0903. The van der Waals surface area contributed by atoms with Crippen LogP contribution in [0.2, 0.25) is 0 Å². The van der Waals surface area contributed by atoms with Crippen LogP contribution in [0.5, 0.6) is 0 Å². The van der Waals surface area contributed by atoms with Crippen LogP contribution in [-0.4, -0.2) is 22.5 Å². The Kier molecular flexibility index (Phi) is 3.62. The zero-order valence-corrected chi connectivity index (χ0v) is 9.34. The molecule has 3 nitrogen and oxygen atoms in total. The Morgan fingerprint density at radius 1 is 1.18 bits per heavy atom. The SMILES string of the molecule is O=C(CO)c1ccccc1Cc1cccnc1. The van der Waals surface area contributed by atoms with Gasteiger partial charge in [0.05, 0.1) is 0 Å². The first-order valence-electron chi connectivity index (χ1n) is 5.42. The maximum absolute atomic E-state index is 11.6. The molecule has 1 heterocycles. The van der Waals surface area contributed by atoms with Crippen molar-refractivity contribution >= 4 is 5.78 Å². The summed E-state index contributed by atoms with van der Waals surface area (Å²) in [7, 11) is 0. The molecule has 2 rings (SSSR count). The molecule has 2 aromatic rings. The van der Waals surface area contributed by atoms with Crippen LogP contribution in [0, 0.1) is 0 Å². The number of carbonyl (C=O) groups excluding carboxylic acids is 1. The summed E-state index contributed by atoms with van der Waals surface area (Å²) in [5.74, 6) is -0.246. The predicted octanol–water partition coefficient (Wildman–Crippen LogP) is 1.85. The van der Waals surface area contributed by atoms with E-state index < -0.39 is 6.61 Å². The van der Waals surface area contributed by atoms with E-state index in [0.717, 1.165) is 11.1 Å². The van der Waals surface area contributed by atoms with E-state index in [4.69, 9.17) is 5.11 Å². The number of aliphatic hydroxyl groups excluding tert-OH is 1. The normalized spacial score (nSPS) is 10.2. The molecule has 0 spiro atoms. The molecule has 0 aliphatic heterocycles. The second-order valence-electron chi connectivity index (χ2n) is 3.78. The van der Waals surface area contributed by atoms with Crippen LogP contribution >= 0.6 is 0 Å². The second kappa shape index (κ2) is 5.37. The molecule has 0 aliphatic rings. The highest BCUT2D eigenvalue weighted by molar-refractivity contribution is 5.98. The van der Waals surface area contributed by atoms with Crippen LogP contribution in [0.15, 0.2) is 48.8 Å². The van der Waals surface area contributed by atoms with Gasteiger partial charge in [-0.2, -0.15) is 0 Å². The van der Waals surface area contributed by atoms with E-state index in [1.165, 1.54) is 0 Å². The van der Waals surface area contributed by atoms with Crippen molar-refractivity contribution < 1.29 is 9.90 Å². The van der Waals surface area contributed by atoms with Gasteiger partial charge in [0.15, 0.2) is 5.78 Å². The summed E-state index contributed by atoms with van der Waals surface area (Å²) >= 11 is 0. The standard InChI is InChI=1S/C14H13NO2/c16-10-14(17)13-6-2-1-5-12(13)8-11-4-3-7-15-9-11/h1-7,9,16H,8,10H2. The van der Waals surface area contributed by atoms with Gasteiger partial charge in [0.1, 0.15) is 6.61 Å². The average molecular weight is 227 g/mol. The third kappa shape index (κ3) is 2.77. The molecule has 86 valence electrons. The number of nitrogens with zero attached hydrogens (tertiary/aromatic N) is 1. The number of hydrogen-bond donors (Lipinski definition) is 1. The Hall–Kier alpha value is -2.00. The van der Waals surface area contributed by atoms with Gasteiger partial charge in [-0.25, -0.2) is 0 Å². The fourth-order valence-corrected chi connectivity index (χ4v) is 1.75. The van der Waals surface area contributed by atoms with Crippen molar-refractivity contribution in [3.63, 3.8) is 0 Å². The number of pyridine rings is 1. The summed E-state index contributed by atoms with van der Waals surface area (Å²) in [6.07, 6.45) is 4.14. The third-order valence-corrected chi connectivity index (χ3v) is 2.58. The summed E-state index contributed by atoms with van der Waals surface area (Å²) in [6, 6.07) is 11.2. The van der Waals surface area contributed by atoms with Crippen LogP contribution in [-0.2, 0) is 6.42 Å². The van der Waals surface area contributed by atoms with E-state index >= 15 is 0 Å². The lowest BCUT2D eigenvalue weighted by atomic mass is 9.98. The average Bonchev–Trinajstić information content (AvgIpc) is 2.40. The van der Waals surface area contributed by atoms with E-state index in [1.54, 1.807) is 24.5 Å². The van der Waals surface area contributed by atoms with E-state index in [-0.39, 0.29) is 5.78 Å². The largest absolute Gasteiger partial charge is 0.388 e. The molecule has 0 fully saturated rings. The van der Waals surface area contributed by atoms with E-state index in [0.29, 0.717) is 12.0 Å². The van der Waals surface area contributed by atoms with E-state index in [9.17, 15) is 4.79 Å². The van der Waals surface area contributed by atoms with Crippen LogP contribution in [0.4, 0.5) is 0 Å². The zero-order valence-electron chi connectivity index (χ0n) is 9.34. The number of ketones is 1. The van der Waals surface area contributed by atoms with E-state index in [1.807, 2.05) is 24.3 Å². The van der Waals surface area contributed by atoms with Crippen molar-refractivity contribution in [3.8, 4) is 0 Å². The summed E-state index contributed by atoms with van der Waals surface area (Å²) in [5, 5.41) is 8.92. The number of aromatic nitrogens is 1. The molecule has 17 heavy (non-hydrogen) atoms. The second-order valence-corrected chi connectivity index (χ2v) is 3.78. The van der Waals surface area contributed by atoms with Gasteiger partial charge in [0.25, 0.3) is 0 Å². The fourth-order valence-electron chi connectivity index (χ4n) is 1.75. The maximum atomic E-state index is 11.6. The van der Waals surface area contributed by atoms with Crippen molar-refractivity contribution in [2.45, 2.75) is 6.42 Å². The smallest absolute Gasteiger partial charge is 0.188 e. The quantitative estimate of drug-likeness (QED) is 0.811. The first-order chi connectivity index (χ1) is 8.31. The molecule has 1 aromatic heterocycles. The van der Waals surface area contributed by atoms with Crippen LogP contribution < -0.4 is 0 Å². The maximum Gasteiger partial charge on any atom is 0.188 e. The van der Waals surface area contributed by atoms with Crippen molar-refractivity contribution in [2.24, 2.45) is 0 Å². The molecule has 0 radical (unpaired) electrons. The number of Topliss-reactive ketones (excluding diaryl/α,β-unsaturated/α-hetero) is 1. The molecule has 0 atom stereocenters. The first-order valence-corrected chi connectivity index (χ1v) is 5.42. The number of benzene rings is 1. The van der Waals surface area contributed by atoms with E-state index in [2.05, 4.69) is 4.98 Å². The molecule has 0 amide bonds. The molecule has 0 aliphatic carbocycles. The molecule has 1 N–H and O–H groups in total. The number of carbonyl (C=O) groups is 1. The molecule has 0 unspecified atom stereocenters. The highest BCUT2D eigenvalue weighted by Crippen LogP contribution is 2.14. The first kappa shape index (κ1) is 11.5. The van der Waals surface area contributed by atoms with Gasteiger partial charge in [0.2, 0.25) is 0 Å². The van der Waals surface area contributed by atoms with Gasteiger partial charge in [-0.15, -0.1) is 0 Å². The van der Waals surface area contributed by atoms with Gasteiger partial charge < -0.3 is 5.11 Å². The van der Waals surface area contributed by atoms with Gasteiger partial charge in [-0.3, -0.25) is 9.78 Å². The van der Waals surface area contributed by atoms with Crippen LogP contribution in [0.3, 0.4) is 0 Å². The topological polar surface area (TPSA) is 50.2 Å². The number of aliphatic hydroxyl groups is 1. The third-order valence-electron chi connectivity index (χ3n) is 2.58. The summed E-state index contributed by atoms with van der Waals surface area (Å²) in [6.45, 7) is -0.454. The minimum atomic E-state index is -0.454. The number of hydrogen-bond acceptors (Lipinski definition) is 3. The molecule has 1 aromatic carbocycles. The monoisotopic (exact) mass is 227 g/mol. The molecule has 0 bridgehead atoms. The van der Waals surface area contributed by atoms with Gasteiger partial charge in [-0.05, 0) is 23.6 Å². The Labute approximate surface area is 99.8 Å². The van der Waals surface area contributed by atoms with Crippen molar-refractivity contribution in [3.05, 3.63) is 65.5 Å². The minimum absolute atomic E-state index is 0.246. The van der Waals surface area contributed by atoms with Crippen molar-refractivity contribution in [1.29, 1.82) is 0 Å². The fraction of sp³-hybridized carbons (Fsp3) is 0.143. The van der Waals surface area contributed by atoms with Gasteiger partial charge in [-0.1, -0.05) is 30.3 Å². The summed E-state index contributed by atoms with van der Waals surface area (Å²) < 4.78 is 0. The van der Waals surface area contributed by atoms with Crippen molar-refractivity contribution in [2.75, 3.05) is 6.61 Å². The molecular weight excluding hydrogens is 214 g/mol. The summed E-state index contributed by atoms with van der Waals surface area (Å²) in [5.41, 5.74) is 2.55. The van der Waals surface area contributed by atoms with Crippen LogP contribution in [0.1, 0.15) is 21.5 Å². The van der Waals surface area contributed by atoms with Crippen LogP contribution in [0.25, 0.3) is 0 Å². The Balaban J connectivity index is 2.30. The molecule has 0 saturated heterocycles. The summed E-state index contributed by atoms with van der Waals surface area (Å²) in [4.78, 5) is 15.6. The van der Waals surface area contributed by atoms with Gasteiger partial charge in [0, 0.05) is 18.0 Å². The highest BCUT2D eigenvalue weighted by atomic mass is 16.3. The minimum Gasteiger partial charge on any atom is -0.388 e. The lowest BCUT2D eigenvalue weighted by Crippen LogP contribution is -2.08.